The minimum atomic E-state index is -0.167. The highest BCUT2D eigenvalue weighted by molar-refractivity contribution is 7.98. The lowest BCUT2D eigenvalue weighted by molar-refractivity contribution is -0.125. The molecule has 162 valence electrons. The molecule has 1 unspecified atom stereocenters. The van der Waals surface area contributed by atoms with E-state index in [1.54, 1.807) is 22.5 Å². The number of rotatable bonds is 6. The van der Waals surface area contributed by atoms with E-state index in [-0.39, 0.29) is 17.4 Å². The van der Waals surface area contributed by atoms with Crippen LogP contribution in [-0.4, -0.2) is 39.8 Å². The molecular formula is C23H27N5O2S. The number of benzene rings is 1. The van der Waals surface area contributed by atoms with Gasteiger partial charge in [0.05, 0.1) is 5.92 Å². The molecule has 3 heterocycles. The first-order chi connectivity index (χ1) is 15.1. The molecule has 1 saturated heterocycles. The molecule has 0 radical (unpaired) electrons. The Morgan fingerprint density at radius 2 is 2.06 bits per heavy atom. The largest absolute Gasteiger partial charge is 0.352 e. The molecule has 1 aromatic carbocycles. The highest BCUT2D eigenvalue weighted by Crippen LogP contribution is 2.22. The zero-order valence-corrected chi connectivity index (χ0v) is 18.7. The fourth-order valence-corrected chi connectivity index (χ4v) is 4.43. The molecule has 31 heavy (non-hydrogen) atoms. The van der Waals surface area contributed by atoms with Gasteiger partial charge in [0.25, 0.3) is 5.56 Å². The Morgan fingerprint density at radius 3 is 2.81 bits per heavy atom. The van der Waals surface area contributed by atoms with E-state index < -0.39 is 0 Å². The summed E-state index contributed by atoms with van der Waals surface area (Å²) in [5, 5.41) is 3.06. The van der Waals surface area contributed by atoms with Crippen molar-refractivity contribution in [3.8, 4) is 0 Å². The fraction of sp³-hybridized carbons (Fsp3) is 0.391. The van der Waals surface area contributed by atoms with Gasteiger partial charge in [-0.05, 0) is 55.9 Å². The van der Waals surface area contributed by atoms with Crippen LogP contribution in [0.4, 0.5) is 5.82 Å². The van der Waals surface area contributed by atoms with E-state index in [0.717, 1.165) is 24.9 Å². The predicted molar refractivity (Wildman–Crippen MR) is 124 cm³/mol. The number of aromatic nitrogens is 3. The zero-order chi connectivity index (χ0) is 21.8. The van der Waals surface area contributed by atoms with Crippen LogP contribution in [0.1, 0.15) is 25.3 Å². The maximum atomic E-state index is 13.1. The molecule has 0 saturated carbocycles. The molecule has 4 rings (SSSR count). The molecule has 1 aliphatic rings. The van der Waals surface area contributed by atoms with Crippen LogP contribution in [0, 0.1) is 5.92 Å². The molecule has 7 nitrogen and oxygen atoms in total. The highest BCUT2D eigenvalue weighted by Gasteiger charge is 2.28. The first-order valence-corrected chi connectivity index (χ1v) is 11.8. The normalized spacial score (nSPS) is 16.5. The van der Waals surface area contributed by atoms with E-state index in [2.05, 4.69) is 27.4 Å². The number of thioether (sulfide) groups is 1. The van der Waals surface area contributed by atoms with Crippen LogP contribution in [0.15, 0.2) is 52.3 Å². The summed E-state index contributed by atoms with van der Waals surface area (Å²) in [6.45, 7) is 4.17. The third kappa shape index (κ3) is 4.58. The van der Waals surface area contributed by atoms with Gasteiger partial charge in [-0.1, -0.05) is 12.1 Å². The number of fused-ring (bicyclic) bond motifs is 1. The van der Waals surface area contributed by atoms with Gasteiger partial charge in [0, 0.05) is 37.3 Å². The minimum Gasteiger partial charge on any atom is -0.352 e. The lowest BCUT2D eigenvalue weighted by atomic mass is 9.97. The van der Waals surface area contributed by atoms with Crippen LogP contribution in [0.25, 0.3) is 11.2 Å². The number of nitrogens with one attached hydrogen (secondary N) is 1. The summed E-state index contributed by atoms with van der Waals surface area (Å²) in [6, 6.07) is 11.9. The van der Waals surface area contributed by atoms with Gasteiger partial charge >= 0.3 is 0 Å². The molecule has 1 aliphatic heterocycles. The van der Waals surface area contributed by atoms with Crippen molar-refractivity contribution in [1.82, 2.24) is 19.9 Å². The summed E-state index contributed by atoms with van der Waals surface area (Å²) in [5.41, 5.74) is 2.22. The molecule has 2 aromatic heterocycles. The summed E-state index contributed by atoms with van der Waals surface area (Å²) in [6.07, 6.45) is 5.37. The minimum absolute atomic E-state index is 0.0249. The summed E-state index contributed by atoms with van der Waals surface area (Å²) < 4.78 is 1.65. The molecule has 1 amide bonds. The number of anilines is 1. The third-order valence-electron chi connectivity index (χ3n) is 5.72. The number of amides is 1. The topological polar surface area (TPSA) is 80.1 Å². The van der Waals surface area contributed by atoms with Gasteiger partial charge in [-0.25, -0.2) is 9.97 Å². The van der Waals surface area contributed by atoms with Gasteiger partial charge in [-0.3, -0.25) is 14.2 Å². The van der Waals surface area contributed by atoms with E-state index in [1.807, 2.05) is 42.3 Å². The number of carbonyl (C=O) groups is 1. The van der Waals surface area contributed by atoms with Gasteiger partial charge < -0.3 is 10.2 Å². The average Bonchev–Trinajstić information content (AvgIpc) is 2.82. The molecule has 8 heteroatoms. The molecule has 0 aliphatic carbocycles. The summed E-state index contributed by atoms with van der Waals surface area (Å²) in [4.78, 5) is 38.0. The van der Waals surface area contributed by atoms with Crippen LogP contribution >= 0.6 is 11.8 Å². The number of hydrogen-bond acceptors (Lipinski definition) is 6. The summed E-state index contributed by atoms with van der Waals surface area (Å²) >= 11 is 1.70. The van der Waals surface area contributed by atoms with Gasteiger partial charge in [0.2, 0.25) is 5.91 Å². The Labute approximate surface area is 185 Å². The van der Waals surface area contributed by atoms with Crippen molar-refractivity contribution in [3.63, 3.8) is 0 Å². The second-order valence-corrected chi connectivity index (χ2v) is 8.56. The van der Waals surface area contributed by atoms with Crippen molar-refractivity contribution < 1.29 is 4.79 Å². The van der Waals surface area contributed by atoms with Gasteiger partial charge in [-0.15, -0.1) is 11.8 Å². The molecule has 0 spiro atoms. The van der Waals surface area contributed by atoms with Crippen molar-refractivity contribution in [2.75, 3.05) is 24.2 Å². The summed E-state index contributed by atoms with van der Waals surface area (Å²) in [5.74, 6) is 0.268. The standard InChI is InChI=1S/C23H27N5O2S/c1-3-28-20-19(7-4-12-24-20)26-21(23(28)30)27-13-5-6-17(15-27)22(29)25-14-16-8-10-18(31-2)11-9-16/h4,7-12,17H,3,5-6,13-15H2,1-2H3,(H,25,29). The van der Waals surface area contributed by atoms with Gasteiger partial charge in [-0.2, -0.15) is 0 Å². The van der Waals surface area contributed by atoms with Crippen molar-refractivity contribution in [3.05, 3.63) is 58.5 Å². The Balaban J connectivity index is 1.48. The third-order valence-corrected chi connectivity index (χ3v) is 6.46. The number of nitrogens with zero attached hydrogens (tertiary/aromatic N) is 4. The van der Waals surface area contributed by atoms with E-state index in [1.165, 1.54) is 4.90 Å². The SMILES string of the molecule is CCn1c(=O)c(N2CCCC(C(=O)NCc3ccc(SC)cc3)C2)nc2cccnc21. The van der Waals surface area contributed by atoms with E-state index in [9.17, 15) is 9.59 Å². The number of hydrogen-bond donors (Lipinski definition) is 1. The smallest absolute Gasteiger partial charge is 0.295 e. The maximum absolute atomic E-state index is 13.1. The Morgan fingerprint density at radius 1 is 1.26 bits per heavy atom. The number of pyridine rings is 1. The lowest BCUT2D eigenvalue weighted by Crippen LogP contribution is -2.45. The van der Waals surface area contributed by atoms with Crippen LogP contribution in [-0.2, 0) is 17.9 Å². The Hall–Kier alpha value is -2.87. The van der Waals surface area contributed by atoms with Crippen molar-refractivity contribution in [2.24, 2.45) is 5.92 Å². The fourth-order valence-electron chi connectivity index (χ4n) is 4.02. The average molecular weight is 438 g/mol. The Bertz CT molecular complexity index is 1130. The monoisotopic (exact) mass is 437 g/mol. The molecule has 1 N–H and O–H groups in total. The maximum Gasteiger partial charge on any atom is 0.295 e. The molecule has 1 atom stereocenters. The van der Waals surface area contributed by atoms with Crippen LogP contribution in [0.5, 0.6) is 0 Å². The summed E-state index contributed by atoms with van der Waals surface area (Å²) in [7, 11) is 0. The predicted octanol–water partition coefficient (Wildman–Crippen LogP) is 3.07. The van der Waals surface area contributed by atoms with Crippen molar-refractivity contribution in [2.45, 2.75) is 37.8 Å². The first-order valence-electron chi connectivity index (χ1n) is 10.6. The van der Waals surface area contributed by atoms with E-state index in [0.29, 0.717) is 36.6 Å². The molecule has 1 fully saturated rings. The quantitative estimate of drug-likeness (QED) is 0.597. The van der Waals surface area contributed by atoms with E-state index >= 15 is 0 Å². The highest BCUT2D eigenvalue weighted by atomic mass is 32.2. The van der Waals surface area contributed by atoms with Crippen LogP contribution < -0.4 is 15.8 Å². The lowest BCUT2D eigenvalue weighted by Gasteiger charge is -2.32. The molecule has 3 aromatic rings. The molecule has 0 bridgehead atoms. The number of carbonyl (C=O) groups excluding carboxylic acids is 1. The van der Waals surface area contributed by atoms with Gasteiger partial charge in [0.1, 0.15) is 5.52 Å². The van der Waals surface area contributed by atoms with Crippen LogP contribution in [0.3, 0.4) is 0 Å². The Kier molecular flexibility index (Phi) is 6.56. The molecular weight excluding hydrogens is 410 g/mol. The zero-order valence-electron chi connectivity index (χ0n) is 17.9. The van der Waals surface area contributed by atoms with Gasteiger partial charge in [0.15, 0.2) is 11.5 Å². The second kappa shape index (κ2) is 9.51. The van der Waals surface area contributed by atoms with Crippen molar-refractivity contribution >= 4 is 34.7 Å². The second-order valence-electron chi connectivity index (χ2n) is 7.68. The van der Waals surface area contributed by atoms with E-state index in [4.69, 9.17) is 0 Å². The van der Waals surface area contributed by atoms with Crippen molar-refractivity contribution in [1.29, 1.82) is 0 Å². The number of aryl methyl sites for hydroxylation is 1. The number of piperidine rings is 1. The van der Waals surface area contributed by atoms with Crippen LogP contribution in [0.2, 0.25) is 0 Å². The first kappa shape index (κ1) is 21.4.